The number of nitrogens with zero attached hydrogens (tertiary/aromatic N) is 2. The lowest BCUT2D eigenvalue weighted by Gasteiger charge is -2.28. The summed E-state index contributed by atoms with van der Waals surface area (Å²) in [5, 5.41) is 6.81. The standard InChI is InChI=1S/C18H28N4O/c1-14(22-10-9-15-6-3-4-8-17(15)22)12-20-18(19-2)21-13-16-7-5-11-23-16/h3-4,6,8,14,16H,5,7,9-13H2,1-2H3,(H2,19,20,21). The van der Waals surface area contributed by atoms with E-state index in [0.29, 0.717) is 12.1 Å². The lowest BCUT2D eigenvalue weighted by atomic mass is 10.2. The first-order valence-corrected chi connectivity index (χ1v) is 8.68. The van der Waals surface area contributed by atoms with E-state index in [1.54, 1.807) is 0 Å². The SMILES string of the molecule is CN=C(NCC1CCCO1)NCC(C)N1CCc2ccccc21. The van der Waals surface area contributed by atoms with E-state index in [-0.39, 0.29) is 0 Å². The Balaban J connectivity index is 1.47. The van der Waals surface area contributed by atoms with Crippen molar-refractivity contribution in [3.05, 3.63) is 29.8 Å². The lowest BCUT2D eigenvalue weighted by Crippen LogP contribution is -2.47. The highest BCUT2D eigenvalue weighted by atomic mass is 16.5. The lowest BCUT2D eigenvalue weighted by molar-refractivity contribution is 0.114. The van der Waals surface area contributed by atoms with E-state index in [1.807, 2.05) is 7.05 Å². The molecule has 2 unspecified atom stereocenters. The number of hydrogen-bond acceptors (Lipinski definition) is 3. The highest BCUT2D eigenvalue weighted by molar-refractivity contribution is 5.79. The fourth-order valence-corrected chi connectivity index (χ4v) is 3.41. The smallest absolute Gasteiger partial charge is 0.191 e. The Bertz CT molecular complexity index is 540. The minimum Gasteiger partial charge on any atom is -0.376 e. The predicted octanol–water partition coefficient (Wildman–Crippen LogP) is 1.78. The van der Waals surface area contributed by atoms with Crippen molar-refractivity contribution < 1.29 is 4.74 Å². The fraction of sp³-hybridized carbons (Fsp3) is 0.611. The van der Waals surface area contributed by atoms with Gasteiger partial charge in [-0.15, -0.1) is 0 Å². The third kappa shape index (κ3) is 3.96. The van der Waals surface area contributed by atoms with Crippen LogP contribution in [0.2, 0.25) is 0 Å². The predicted molar refractivity (Wildman–Crippen MR) is 95.3 cm³/mol. The van der Waals surface area contributed by atoms with Crippen molar-refractivity contribution in [3.63, 3.8) is 0 Å². The van der Waals surface area contributed by atoms with Gasteiger partial charge >= 0.3 is 0 Å². The summed E-state index contributed by atoms with van der Waals surface area (Å²) in [5.74, 6) is 0.861. The Kier molecular flexibility index (Phi) is 5.39. The molecule has 23 heavy (non-hydrogen) atoms. The molecule has 2 aliphatic heterocycles. The Morgan fingerprint density at radius 2 is 2.26 bits per heavy atom. The van der Waals surface area contributed by atoms with Crippen molar-refractivity contribution in [1.82, 2.24) is 10.6 Å². The molecule has 2 aliphatic rings. The molecule has 0 saturated carbocycles. The molecule has 5 heteroatoms. The topological polar surface area (TPSA) is 48.9 Å². The van der Waals surface area contributed by atoms with Gasteiger partial charge in [-0.3, -0.25) is 4.99 Å². The molecule has 2 N–H and O–H groups in total. The van der Waals surface area contributed by atoms with Crippen LogP contribution in [0.1, 0.15) is 25.3 Å². The zero-order chi connectivity index (χ0) is 16.1. The molecule has 0 aliphatic carbocycles. The number of benzene rings is 1. The molecule has 0 bridgehead atoms. The van der Waals surface area contributed by atoms with Crippen LogP contribution in [0.5, 0.6) is 0 Å². The van der Waals surface area contributed by atoms with Gasteiger partial charge in [-0.25, -0.2) is 0 Å². The average Bonchev–Trinajstić information content (AvgIpc) is 3.24. The number of nitrogens with one attached hydrogen (secondary N) is 2. The number of guanidine groups is 1. The van der Waals surface area contributed by atoms with Crippen LogP contribution in [-0.4, -0.2) is 51.4 Å². The molecule has 0 radical (unpaired) electrons. The molecule has 0 spiro atoms. The number of hydrogen-bond donors (Lipinski definition) is 2. The molecule has 2 atom stereocenters. The van der Waals surface area contributed by atoms with Crippen LogP contribution in [0, 0.1) is 0 Å². The molecule has 2 heterocycles. The van der Waals surface area contributed by atoms with Crippen LogP contribution in [0.3, 0.4) is 0 Å². The molecular formula is C18H28N4O. The van der Waals surface area contributed by atoms with Gasteiger partial charge in [-0.1, -0.05) is 18.2 Å². The van der Waals surface area contributed by atoms with E-state index < -0.39 is 0 Å². The molecule has 0 amide bonds. The van der Waals surface area contributed by atoms with Crippen LogP contribution in [0.15, 0.2) is 29.3 Å². The minimum atomic E-state index is 0.330. The Labute approximate surface area is 139 Å². The average molecular weight is 316 g/mol. The first kappa shape index (κ1) is 16.1. The van der Waals surface area contributed by atoms with Crippen LogP contribution >= 0.6 is 0 Å². The normalized spacial score (nSPS) is 22.1. The van der Waals surface area contributed by atoms with Gasteiger partial charge in [0.2, 0.25) is 0 Å². The molecular weight excluding hydrogens is 288 g/mol. The summed E-state index contributed by atoms with van der Waals surface area (Å²) < 4.78 is 5.64. The maximum atomic E-state index is 5.64. The number of fused-ring (bicyclic) bond motifs is 1. The minimum absolute atomic E-state index is 0.330. The van der Waals surface area contributed by atoms with Gasteiger partial charge < -0.3 is 20.3 Å². The van der Waals surface area contributed by atoms with Crippen LogP contribution < -0.4 is 15.5 Å². The van der Waals surface area contributed by atoms with E-state index in [4.69, 9.17) is 4.74 Å². The second-order valence-electron chi connectivity index (χ2n) is 6.39. The van der Waals surface area contributed by atoms with Gasteiger partial charge in [-0.05, 0) is 37.8 Å². The Hall–Kier alpha value is -1.75. The van der Waals surface area contributed by atoms with E-state index >= 15 is 0 Å². The van der Waals surface area contributed by atoms with Crippen molar-refractivity contribution in [2.24, 2.45) is 4.99 Å². The van der Waals surface area contributed by atoms with Crippen molar-refractivity contribution in [2.45, 2.75) is 38.3 Å². The second-order valence-corrected chi connectivity index (χ2v) is 6.39. The molecule has 1 aromatic rings. The first-order chi connectivity index (χ1) is 11.3. The molecule has 1 fully saturated rings. The summed E-state index contributed by atoms with van der Waals surface area (Å²) in [7, 11) is 1.82. The summed E-state index contributed by atoms with van der Waals surface area (Å²) in [5.41, 5.74) is 2.84. The largest absolute Gasteiger partial charge is 0.376 e. The highest BCUT2D eigenvalue weighted by Gasteiger charge is 2.23. The first-order valence-electron chi connectivity index (χ1n) is 8.68. The molecule has 126 valence electrons. The quantitative estimate of drug-likeness (QED) is 0.642. The van der Waals surface area contributed by atoms with Crippen molar-refractivity contribution in [1.29, 1.82) is 0 Å². The Morgan fingerprint density at radius 3 is 3.04 bits per heavy atom. The summed E-state index contributed by atoms with van der Waals surface area (Å²) in [6.07, 6.45) is 3.79. The van der Waals surface area contributed by atoms with Crippen LogP contribution in [0.25, 0.3) is 0 Å². The van der Waals surface area contributed by atoms with Gasteiger partial charge in [0.15, 0.2) is 5.96 Å². The highest BCUT2D eigenvalue weighted by Crippen LogP contribution is 2.28. The summed E-state index contributed by atoms with van der Waals surface area (Å²) in [6.45, 7) is 5.97. The molecule has 3 rings (SSSR count). The zero-order valence-corrected chi connectivity index (χ0v) is 14.2. The molecule has 1 aromatic carbocycles. The maximum Gasteiger partial charge on any atom is 0.191 e. The third-order valence-corrected chi connectivity index (χ3v) is 4.76. The maximum absolute atomic E-state index is 5.64. The number of rotatable bonds is 5. The molecule has 5 nitrogen and oxygen atoms in total. The Morgan fingerprint density at radius 1 is 1.39 bits per heavy atom. The van der Waals surface area contributed by atoms with Gasteiger partial charge in [0.1, 0.15) is 0 Å². The van der Waals surface area contributed by atoms with E-state index in [0.717, 1.165) is 45.0 Å². The van der Waals surface area contributed by atoms with E-state index in [9.17, 15) is 0 Å². The monoisotopic (exact) mass is 316 g/mol. The third-order valence-electron chi connectivity index (χ3n) is 4.76. The van der Waals surface area contributed by atoms with Crippen molar-refractivity contribution in [2.75, 3.05) is 38.2 Å². The number of anilines is 1. The number of aliphatic imine (C=N–C) groups is 1. The zero-order valence-electron chi connectivity index (χ0n) is 14.2. The number of ether oxygens (including phenoxy) is 1. The summed E-state index contributed by atoms with van der Waals surface area (Å²) in [6, 6.07) is 9.14. The molecule has 1 saturated heterocycles. The van der Waals surface area contributed by atoms with Crippen LogP contribution in [-0.2, 0) is 11.2 Å². The van der Waals surface area contributed by atoms with Crippen molar-refractivity contribution >= 4 is 11.6 Å². The fourth-order valence-electron chi connectivity index (χ4n) is 3.41. The van der Waals surface area contributed by atoms with Gasteiger partial charge in [0.05, 0.1) is 6.10 Å². The number of para-hydroxylation sites is 1. The molecule has 0 aromatic heterocycles. The van der Waals surface area contributed by atoms with Crippen LogP contribution in [0.4, 0.5) is 5.69 Å². The van der Waals surface area contributed by atoms with Gasteiger partial charge in [0.25, 0.3) is 0 Å². The summed E-state index contributed by atoms with van der Waals surface area (Å²) in [4.78, 5) is 6.79. The van der Waals surface area contributed by atoms with Gasteiger partial charge in [0, 0.05) is 45.0 Å². The van der Waals surface area contributed by atoms with Gasteiger partial charge in [-0.2, -0.15) is 0 Å². The van der Waals surface area contributed by atoms with E-state index in [1.165, 1.54) is 17.7 Å². The van der Waals surface area contributed by atoms with Crippen molar-refractivity contribution in [3.8, 4) is 0 Å². The summed E-state index contributed by atoms with van der Waals surface area (Å²) >= 11 is 0. The second kappa shape index (κ2) is 7.68. The van der Waals surface area contributed by atoms with E-state index in [2.05, 4.69) is 51.7 Å².